The van der Waals surface area contributed by atoms with Crippen molar-refractivity contribution in [3.05, 3.63) is 188 Å². The molecule has 8 aromatic rings. The highest BCUT2D eigenvalue weighted by molar-refractivity contribution is 6.11. The van der Waals surface area contributed by atoms with Crippen molar-refractivity contribution in [2.24, 2.45) is 0 Å². The van der Waals surface area contributed by atoms with Gasteiger partial charge in [0.1, 0.15) is 0 Å². The highest BCUT2D eigenvalue weighted by Gasteiger charge is 2.30. The number of nitrogens with zero attached hydrogens (tertiary/aromatic N) is 3. The van der Waals surface area contributed by atoms with Crippen molar-refractivity contribution < 1.29 is 13.2 Å². The van der Waals surface area contributed by atoms with Gasteiger partial charge in [-0.05, 0) is 97.1 Å². The molecule has 0 aliphatic heterocycles. The Morgan fingerprint density at radius 3 is 1.04 bits per heavy atom. The number of hydrogen-bond acceptors (Lipinski definition) is 2. The molecule has 1 heterocycles. The number of para-hydroxylation sites is 4. The molecule has 3 nitrogen and oxygen atoms in total. The summed E-state index contributed by atoms with van der Waals surface area (Å²) >= 11 is 0. The smallest absolute Gasteiger partial charge is 0.310 e. The van der Waals surface area contributed by atoms with E-state index in [1.807, 2.05) is 72.8 Å². The van der Waals surface area contributed by atoms with Crippen molar-refractivity contribution in [3.63, 3.8) is 0 Å². The SMILES string of the molecule is FC(F)(F)c1ccc(-n2c3cc(N(c4ccccc4)c4ccccc4)ccc3c3ccc(N(c4ccccc4)c4ccccc4)cc32)cc1. The fourth-order valence-electron chi connectivity index (χ4n) is 6.55. The molecular formula is C43H30F3N3. The average Bonchev–Trinajstić information content (AvgIpc) is 3.46. The Balaban J connectivity index is 1.39. The molecule has 0 fully saturated rings. The summed E-state index contributed by atoms with van der Waals surface area (Å²) in [6, 6.07) is 58.7. The van der Waals surface area contributed by atoms with E-state index in [0.717, 1.165) is 68.1 Å². The number of rotatable bonds is 7. The van der Waals surface area contributed by atoms with E-state index in [1.54, 1.807) is 12.1 Å². The number of aromatic nitrogens is 1. The van der Waals surface area contributed by atoms with Crippen LogP contribution in [0.15, 0.2) is 182 Å². The lowest BCUT2D eigenvalue weighted by molar-refractivity contribution is -0.137. The van der Waals surface area contributed by atoms with Gasteiger partial charge < -0.3 is 14.4 Å². The molecule has 0 spiro atoms. The molecule has 0 N–H and O–H groups in total. The quantitative estimate of drug-likeness (QED) is 0.171. The fourth-order valence-corrected chi connectivity index (χ4v) is 6.55. The monoisotopic (exact) mass is 645 g/mol. The first-order valence-electron chi connectivity index (χ1n) is 16.0. The standard InChI is InChI=1S/C43H30F3N3/c44-43(45,46)31-21-23-36(24-22-31)49-41-29-37(47(32-13-5-1-6-14-32)33-15-7-2-8-16-33)25-27-39(41)40-28-26-38(30-42(40)49)48(34-17-9-3-10-18-34)35-19-11-4-12-20-35/h1-30H. The minimum Gasteiger partial charge on any atom is -0.310 e. The minimum absolute atomic E-state index is 0.638. The van der Waals surface area contributed by atoms with Gasteiger partial charge in [-0.2, -0.15) is 13.2 Å². The molecular weight excluding hydrogens is 615 g/mol. The molecule has 0 unspecified atom stereocenters. The Morgan fingerprint density at radius 1 is 0.367 bits per heavy atom. The zero-order chi connectivity index (χ0) is 33.4. The van der Waals surface area contributed by atoms with Gasteiger partial charge in [0.15, 0.2) is 0 Å². The zero-order valence-corrected chi connectivity index (χ0v) is 26.3. The van der Waals surface area contributed by atoms with E-state index < -0.39 is 11.7 Å². The van der Waals surface area contributed by atoms with Crippen molar-refractivity contribution in [2.75, 3.05) is 9.80 Å². The number of fused-ring (bicyclic) bond motifs is 3. The molecule has 0 radical (unpaired) electrons. The zero-order valence-electron chi connectivity index (χ0n) is 26.3. The second kappa shape index (κ2) is 12.4. The summed E-state index contributed by atoms with van der Waals surface area (Å²) in [5.41, 5.74) is 7.55. The van der Waals surface area contributed by atoms with Crippen LogP contribution in [0.5, 0.6) is 0 Å². The van der Waals surface area contributed by atoms with E-state index in [4.69, 9.17) is 0 Å². The molecule has 0 saturated carbocycles. The molecule has 49 heavy (non-hydrogen) atoms. The van der Waals surface area contributed by atoms with Gasteiger partial charge in [0.2, 0.25) is 0 Å². The summed E-state index contributed by atoms with van der Waals surface area (Å²) < 4.78 is 43.1. The Hall–Kier alpha value is -6.27. The predicted octanol–water partition coefficient (Wildman–Crippen LogP) is 12.7. The third kappa shape index (κ3) is 5.68. The first-order valence-corrected chi connectivity index (χ1v) is 16.0. The summed E-state index contributed by atoms with van der Waals surface area (Å²) in [5.74, 6) is 0. The number of halogens is 3. The Morgan fingerprint density at radius 2 is 0.714 bits per heavy atom. The van der Waals surface area contributed by atoms with Crippen molar-refractivity contribution in [1.82, 2.24) is 4.57 Å². The predicted molar refractivity (Wildman–Crippen MR) is 195 cm³/mol. The Bertz CT molecular complexity index is 2130. The second-order valence-electron chi connectivity index (χ2n) is 11.8. The van der Waals surface area contributed by atoms with E-state index in [1.165, 1.54) is 0 Å². The number of hydrogen-bond donors (Lipinski definition) is 0. The fraction of sp³-hybridized carbons (Fsp3) is 0.0233. The first-order chi connectivity index (χ1) is 24.0. The average molecular weight is 646 g/mol. The lowest BCUT2D eigenvalue weighted by Crippen LogP contribution is -2.10. The molecule has 0 atom stereocenters. The molecule has 0 aliphatic carbocycles. The van der Waals surface area contributed by atoms with E-state index >= 15 is 0 Å². The molecule has 7 aromatic carbocycles. The third-order valence-electron chi connectivity index (χ3n) is 8.76. The second-order valence-corrected chi connectivity index (χ2v) is 11.8. The maximum Gasteiger partial charge on any atom is 0.416 e. The molecule has 0 bridgehead atoms. The number of anilines is 6. The topological polar surface area (TPSA) is 11.4 Å². The minimum atomic E-state index is -4.43. The maximum atomic E-state index is 13.7. The van der Waals surface area contributed by atoms with Crippen LogP contribution in [0.25, 0.3) is 27.5 Å². The largest absolute Gasteiger partial charge is 0.416 e. The van der Waals surface area contributed by atoms with Crippen LogP contribution in [0.4, 0.5) is 47.3 Å². The summed E-state index contributed by atoms with van der Waals surface area (Å²) in [4.78, 5) is 4.37. The van der Waals surface area contributed by atoms with E-state index in [0.29, 0.717) is 5.69 Å². The summed E-state index contributed by atoms with van der Waals surface area (Å²) in [5, 5.41) is 1.99. The van der Waals surface area contributed by atoms with Crippen molar-refractivity contribution in [2.45, 2.75) is 6.18 Å². The molecule has 1 aromatic heterocycles. The van der Waals surface area contributed by atoms with E-state index in [9.17, 15) is 13.2 Å². The van der Waals surface area contributed by atoms with Crippen LogP contribution in [0.3, 0.4) is 0 Å². The highest BCUT2D eigenvalue weighted by atomic mass is 19.4. The first kappa shape index (κ1) is 30.1. The molecule has 0 saturated heterocycles. The Kier molecular flexibility index (Phi) is 7.61. The number of alkyl halides is 3. The van der Waals surface area contributed by atoms with Gasteiger partial charge in [0, 0.05) is 50.6 Å². The normalized spacial score (nSPS) is 11.6. The summed E-state index contributed by atoms with van der Waals surface area (Å²) in [6.45, 7) is 0. The molecule has 8 rings (SSSR count). The van der Waals surface area contributed by atoms with Gasteiger partial charge in [0.25, 0.3) is 0 Å². The molecule has 0 amide bonds. The van der Waals surface area contributed by atoms with Crippen LogP contribution in [-0.2, 0) is 6.18 Å². The lowest BCUT2D eigenvalue weighted by atomic mass is 10.1. The summed E-state index contributed by atoms with van der Waals surface area (Å²) in [7, 11) is 0. The Labute approximate surface area is 282 Å². The third-order valence-corrected chi connectivity index (χ3v) is 8.76. The molecule has 238 valence electrons. The van der Waals surface area contributed by atoms with Gasteiger partial charge in [-0.1, -0.05) is 84.9 Å². The van der Waals surface area contributed by atoms with Crippen LogP contribution in [0, 0.1) is 0 Å². The lowest BCUT2D eigenvalue weighted by Gasteiger charge is -2.26. The van der Waals surface area contributed by atoms with Gasteiger partial charge in [0.05, 0.1) is 16.6 Å². The van der Waals surface area contributed by atoms with Crippen LogP contribution >= 0.6 is 0 Å². The molecule has 0 aliphatic rings. The van der Waals surface area contributed by atoms with E-state index in [2.05, 4.69) is 99.3 Å². The van der Waals surface area contributed by atoms with E-state index in [-0.39, 0.29) is 0 Å². The maximum absolute atomic E-state index is 13.7. The summed E-state index contributed by atoms with van der Waals surface area (Å²) in [6.07, 6.45) is -4.43. The van der Waals surface area contributed by atoms with Crippen LogP contribution < -0.4 is 9.80 Å². The van der Waals surface area contributed by atoms with Crippen LogP contribution in [0.1, 0.15) is 5.56 Å². The van der Waals surface area contributed by atoms with Crippen molar-refractivity contribution >= 4 is 55.9 Å². The van der Waals surface area contributed by atoms with Crippen molar-refractivity contribution in [3.8, 4) is 5.69 Å². The highest BCUT2D eigenvalue weighted by Crippen LogP contribution is 2.42. The number of benzene rings is 7. The van der Waals surface area contributed by atoms with Crippen LogP contribution in [0.2, 0.25) is 0 Å². The van der Waals surface area contributed by atoms with Gasteiger partial charge in [-0.25, -0.2) is 0 Å². The van der Waals surface area contributed by atoms with Crippen molar-refractivity contribution in [1.29, 1.82) is 0 Å². The molecule has 6 heteroatoms. The van der Waals surface area contributed by atoms with Gasteiger partial charge in [-0.3, -0.25) is 0 Å². The van der Waals surface area contributed by atoms with Crippen LogP contribution in [-0.4, -0.2) is 4.57 Å². The van der Waals surface area contributed by atoms with Gasteiger partial charge in [-0.15, -0.1) is 0 Å². The van der Waals surface area contributed by atoms with Gasteiger partial charge >= 0.3 is 6.18 Å².